The van der Waals surface area contributed by atoms with Gasteiger partial charge in [-0.1, -0.05) is 0 Å². The smallest absolute Gasteiger partial charge is 0.346 e. The van der Waals surface area contributed by atoms with Crippen molar-refractivity contribution in [2.45, 2.75) is 0 Å². The number of nitriles is 1. The standard InChI is InChI=1S/C9H5FN2O4/c1-16-9(13)8-5(4-11)6(10)2-3-7(8)12(14)15/h2-3H,1H3. The van der Waals surface area contributed by atoms with E-state index in [0.717, 1.165) is 19.2 Å². The van der Waals surface area contributed by atoms with Crippen LogP contribution in [-0.2, 0) is 4.74 Å². The summed E-state index contributed by atoms with van der Waals surface area (Å²) >= 11 is 0. The van der Waals surface area contributed by atoms with Crippen LogP contribution in [0.5, 0.6) is 0 Å². The van der Waals surface area contributed by atoms with Gasteiger partial charge in [0.25, 0.3) is 5.69 Å². The predicted molar refractivity (Wildman–Crippen MR) is 49.1 cm³/mol. The topological polar surface area (TPSA) is 93.2 Å². The van der Waals surface area contributed by atoms with Crippen molar-refractivity contribution >= 4 is 11.7 Å². The zero-order valence-corrected chi connectivity index (χ0v) is 8.06. The maximum absolute atomic E-state index is 13.1. The maximum atomic E-state index is 13.1. The Morgan fingerprint density at radius 3 is 2.69 bits per heavy atom. The summed E-state index contributed by atoms with van der Waals surface area (Å²) in [6.07, 6.45) is 0. The molecule has 0 amide bonds. The Morgan fingerprint density at radius 2 is 2.25 bits per heavy atom. The van der Waals surface area contributed by atoms with E-state index in [9.17, 15) is 19.3 Å². The molecule has 16 heavy (non-hydrogen) atoms. The van der Waals surface area contributed by atoms with E-state index in [1.54, 1.807) is 0 Å². The summed E-state index contributed by atoms with van der Waals surface area (Å²) in [5.41, 5.74) is -2.03. The van der Waals surface area contributed by atoms with Crippen LogP contribution in [0.1, 0.15) is 15.9 Å². The van der Waals surface area contributed by atoms with Crippen LogP contribution in [0.3, 0.4) is 0 Å². The number of carbonyl (C=O) groups is 1. The highest BCUT2D eigenvalue weighted by molar-refractivity contribution is 5.96. The number of nitrogens with zero attached hydrogens (tertiary/aromatic N) is 2. The van der Waals surface area contributed by atoms with Crippen molar-refractivity contribution in [3.05, 3.63) is 39.2 Å². The number of benzene rings is 1. The van der Waals surface area contributed by atoms with Crippen molar-refractivity contribution < 1.29 is 18.8 Å². The highest BCUT2D eigenvalue weighted by Crippen LogP contribution is 2.24. The van der Waals surface area contributed by atoms with E-state index in [0.29, 0.717) is 0 Å². The monoisotopic (exact) mass is 224 g/mol. The zero-order chi connectivity index (χ0) is 12.3. The molecule has 0 N–H and O–H groups in total. The first-order valence-electron chi connectivity index (χ1n) is 3.98. The van der Waals surface area contributed by atoms with Gasteiger partial charge in [0.15, 0.2) is 5.56 Å². The van der Waals surface area contributed by atoms with Gasteiger partial charge in [-0.15, -0.1) is 0 Å². The highest BCUT2D eigenvalue weighted by atomic mass is 19.1. The Bertz CT molecular complexity index is 507. The Morgan fingerprint density at radius 1 is 1.62 bits per heavy atom. The van der Waals surface area contributed by atoms with Crippen LogP contribution in [0.4, 0.5) is 10.1 Å². The molecule has 82 valence electrons. The summed E-state index contributed by atoms with van der Waals surface area (Å²) in [5, 5.41) is 19.2. The van der Waals surface area contributed by atoms with Crippen molar-refractivity contribution in [1.29, 1.82) is 5.26 Å². The fourth-order valence-electron chi connectivity index (χ4n) is 1.14. The lowest BCUT2D eigenvalue weighted by molar-refractivity contribution is -0.385. The number of nitro groups is 1. The number of esters is 1. The number of nitro benzene ring substituents is 1. The quantitative estimate of drug-likeness (QED) is 0.430. The van der Waals surface area contributed by atoms with Crippen LogP contribution in [0.2, 0.25) is 0 Å². The first kappa shape index (κ1) is 11.6. The first-order valence-corrected chi connectivity index (χ1v) is 3.98. The molecule has 0 spiro atoms. The third kappa shape index (κ3) is 1.81. The van der Waals surface area contributed by atoms with Crippen LogP contribution in [0, 0.1) is 27.3 Å². The Hall–Kier alpha value is -2.49. The van der Waals surface area contributed by atoms with Crippen LogP contribution in [0.25, 0.3) is 0 Å². The molecule has 0 atom stereocenters. The van der Waals surface area contributed by atoms with Crippen molar-refractivity contribution in [1.82, 2.24) is 0 Å². The fraction of sp³-hybridized carbons (Fsp3) is 0.111. The van der Waals surface area contributed by atoms with Crippen LogP contribution in [-0.4, -0.2) is 18.0 Å². The first-order chi connectivity index (χ1) is 7.52. The molecule has 0 fully saturated rings. The summed E-state index contributed by atoms with van der Waals surface area (Å²) in [6, 6.07) is 2.96. The van der Waals surface area contributed by atoms with Gasteiger partial charge >= 0.3 is 5.97 Å². The van der Waals surface area contributed by atoms with Crippen molar-refractivity contribution in [3.8, 4) is 6.07 Å². The summed E-state index contributed by atoms with van der Waals surface area (Å²) in [7, 11) is 0.984. The summed E-state index contributed by atoms with van der Waals surface area (Å²) in [5.74, 6) is -2.13. The lowest BCUT2D eigenvalue weighted by Crippen LogP contribution is -2.09. The van der Waals surface area contributed by atoms with Gasteiger partial charge in [-0.2, -0.15) is 5.26 Å². The molecular weight excluding hydrogens is 219 g/mol. The van der Waals surface area contributed by atoms with E-state index in [1.165, 1.54) is 6.07 Å². The molecule has 0 saturated heterocycles. The Kier molecular flexibility index (Phi) is 3.15. The number of methoxy groups -OCH3 is 1. The summed E-state index contributed by atoms with van der Waals surface area (Å²) in [4.78, 5) is 20.9. The minimum Gasteiger partial charge on any atom is -0.465 e. The molecule has 0 heterocycles. The Balaban J connectivity index is 3.62. The molecular formula is C9H5FN2O4. The normalized spacial score (nSPS) is 9.31. The van der Waals surface area contributed by atoms with Gasteiger partial charge in [-0.05, 0) is 6.07 Å². The summed E-state index contributed by atoms with van der Waals surface area (Å²) in [6.45, 7) is 0. The third-order valence-electron chi connectivity index (χ3n) is 1.83. The van der Waals surface area contributed by atoms with Crippen LogP contribution >= 0.6 is 0 Å². The van der Waals surface area contributed by atoms with E-state index in [1.807, 2.05) is 0 Å². The number of hydrogen-bond acceptors (Lipinski definition) is 5. The lowest BCUT2D eigenvalue weighted by Gasteiger charge is -2.03. The molecule has 0 aliphatic carbocycles. The molecule has 0 aliphatic rings. The van der Waals surface area contributed by atoms with E-state index in [4.69, 9.17) is 5.26 Å². The van der Waals surface area contributed by atoms with Crippen molar-refractivity contribution in [2.24, 2.45) is 0 Å². The average Bonchev–Trinajstić information content (AvgIpc) is 2.27. The molecule has 1 rings (SSSR count). The van der Waals surface area contributed by atoms with Crippen molar-refractivity contribution in [3.63, 3.8) is 0 Å². The molecule has 0 bridgehead atoms. The second kappa shape index (κ2) is 4.35. The van der Waals surface area contributed by atoms with Gasteiger partial charge in [-0.3, -0.25) is 10.1 Å². The molecule has 7 heteroatoms. The lowest BCUT2D eigenvalue weighted by atomic mass is 10.1. The molecule has 0 aromatic heterocycles. The second-order valence-corrected chi connectivity index (χ2v) is 2.68. The zero-order valence-electron chi connectivity index (χ0n) is 8.06. The second-order valence-electron chi connectivity index (χ2n) is 2.68. The van der Waals surface area contributed by atoms with Crippen LogP contribution in [0.15, 0.2) is 12.1 Å². The van der Waals surface area contributed by atoms with Crippen LogP contribution < -0.4 is 0 Å². The number of hydrogen-bond donors (Lipinski definition) is 0. The molecule has 1 aromatic carbocycles. The molecule has 6 nitrogen and oxygen atoms in total. The SMILES string of the molecule is COC(=O)c1c([N+](=O)[O-])ccc(F)c1C#N. The maximum Gasteiger partial charge on any atom is 0.346 e. The number of ether oxygens (including phenoxy) is 1. The minimum atomic E-state index is -1.12. The van der Waals surface area contributed by atoms with Gasteiger partial charge in [0.1, 0.15) is 17.4 Å². The number of rotatable bonds is 2. The Labute approximate surface area is 89.0 Å². The summed E-state index contributed by atoms with van der Waals surface area (Å²) < 4.78 is 17.4. The average molecular weight is 224 g/mol. The van der Waals surface area contributed by atoms with Gasteiger partial charge in [0.2, 0.25) is 0 Å². The number of halogens is 1. The predicted octanol–water partition coefficient (Wildman–Crippen LogP) is 1.39. The molecule has 1 aromatic rings. The largest absolute Gasteiger partial charge is 0.465 e. The van der Waals surface area contributed by atoms with Gasteiger partial charge in [-0.25, -0.2) is 9.18 Å². The van der Waals surface area contributed by atoms with Crippen molar-refractivity contribution in [2.75, 3.05) is 7.11 Å². The van der Waals surface area contributed by atoms with Gasteiger partial charge in [0.05, 0.1) is 12.0 Å². The molecule has 0 aliphatic heterocycles. The molecule has 0 radical (unpaired) electrons. The third-order valence-corrected chi connectivity index (χ3v) is 1.83. The number of carbonyl (C=O) groups excluding carboxylic acids is 1. The highest BCUT2D eigenvalue weighted by Gasteiger charge is 2.27. The van der Waals surface area contributed by atoms with E-state index < -0.39 is 33.5 Å². The van der Waals surface area contributed by atoms with Gasteiger partial charge < -0.3 is 4.74 Å². The van der Waals surface area contributed by atoms with E-state index in [-0.39, 0.29) is 0 Å². The minimum absolute atomic E-state index is 0.662. The van der Waals surface area contributed by atoms with E-state index in [2.05, 4.69) is 4.74 Å². The molecule has 0 saturated carbocycles. The molecule has 0 unspecified atom stereocenters. The van der Waals surface area contributed by atoms with Gasteiger partial charge in [0, 0.05) is 6.07 Å². The van der Waals surface area contributed by atoms with E-state index >= 15 is 0 Å². The fourth-order valence-corrected chi connectivity index (χ4v) is 1.14.